The van der Waals surface area contributed by atoms with E-state index < -0.39 is 16.0 Å². The quantitative estimate of drug-likeness (QED) is 0.301. The number of ether oxygens (including phenoxy) is 1. The highest BCUT2D eigenvalue weighted by atomic mass is 32.2. The number of carbonyl (C=O) groups is 1. The zero-order chi connectivity index (χ0) is 23.8. The Morgan fingerprint density at radius 3 is 2.30 bits per heavy atom. The summed E-state index contributed by atoms with van der Waals surface area (Å²) >= 11 is 1.60. The number of carbonyl (C=O) groups excluding carboxylic acids is 1. The molecule has 0 spiro atoms. The van der Waals surface area contributed by atoms with Crippen LogP contribution < -0.4 is 0 Å². The van der Waals surface area contributed by atoms with Gasteiger partial charge in [0.05, 0.1) is 17.0 Å². The number of hydrogen-bond acceptors (Lipinski definition) is 5. The Kier molecular flexibility index (Phi) is 6.28. The smallest absolute Gasteiger partial charge is 0.356 e. The monoisotopic (exact) mass is 479 g/mol. The maximum Gasteiger partial charge on any atom is 0.356 e. The number of allylic oxidation sites excluding steroid dienone is 2. The van der Waals surface area contributed by atoms with Gasteiger partial charge in [-0.05, 0) is 68.5 Å². The molecule has 4 aromatic rings. The number of hydrogen-bond donors (Lipinski definition) is 0. The third-order valence-corrected chi connectivity index (χ3v) is 8.41. The van der Waals surface area contributed by atoms with E-state index in [1.165, 1.54) is 0 Å². The molecule has 0 fully saturated rings. The van der Waals surface area contributed by atoms with Gasteiger partial charge in [-0.1, -0.05) is 42.0 Å². The molecular formula is C26H25NO4S2. The van der Waals surface area contributed by atoms with Gasteiger partial charge in [-0.25, -0.2) is 17.2 Å². The first-order valence-electron chi connectivity index (χ1n) is 10.6. The zero-order valence-electron chi connectivity index (χ0n) is 19.0. The van der Waals surface area contributed by atoms with Crippen molar-refractivity contribution < 1.29 is 17.9 Å². The summed E-state index contributed by atoms with van der Waals surface area (Å²) in [7, 11) is -4.07. The summed E-state index contributed by atoms with van der Waals surface area (Å²) in [5, 5.41) is 2.67. The van der Waals surface area contributed by atoms with E-state index in [-0.39, 0.29) is 17.2 Å². The van der Waals surface area contributed by atoms with Crippen LogP contribution in [0.15, 0.2) is 70.9 Å². The third kappa shape index (κ3) is 4.03. The summed E-state index contributed by atoms with van der Waals surface area (Å²) in [5.41, 5.74) is 3.79. The van der Waals surface area contributed by atoms with Gasteiger partial charge in [0.25, 0.3) is 10.0 Å². The Morgan fingerprint density at radius 2 is 1.67 bits per heavy atom. The van der Waals surface area contributed by atoms with E-state index in [1.807, 2.05) is 50.4 Å². The van der Waals surface area contributed by atoms with E-state index in [4.69, 9.17) is 4.74 Å². The highest BCUT2D eigenvalue weighted by molar-refractivity contribution is 7.90. The molecule has 0 atom stereocenters. The second-order valence-corrected chi connectivity index (χ2v) is 10.5. The van der Waals surface area contributed by atoms with Crippen molar-refractivity contribution in [3.05, 3.63) is 87.7 Å². The second-order valence-electron chi connectivity index (χ2n) is 7.77. The van der Waals surface area contributed by atoms with Gasteiger partial charge in [-0.2, -0.15) is 0 Å². The van der Waals surface area contributed by atoms with E-state index in [0.29, 0.717) is 16.5 Å². The van der Waals surface area contributed by atoms with Crippen LogP contribution in [-0.4, -0.2) is 25.0 Å². The predicted molar refractivity (Wildman–Crippen MR) is 134 cm³/mol. The first kappa shape index (κ1) is 23.0. The average molecular weight is 480 g/mol. The predicted octanol–water partition coefficient (Wildman–Crippen LogP) is 6.38. The largest absolute Gasteiger partial charge is 0.461 e. The van der Waals surface area contributed by atoms with Crippen molar-refractivity contribution >= 4 is 49.4 Å². The molecule has 0 aliphatic carbocycles. The third-order valence-electron chi connectivity index (χ3n) is 5.69. The molecule has 4 rings (SSSR count). The van der Waals surface area contributed by atoms with E-state index in [2.05, 4.69) is 0 Å². The molecule has 7 heteroatoms. The number of fused-ring (bicyclic) bond motifs is 1. The van der Waals surface area contributed by atoms with Crippen LogP contribution in [0.3, 0.4) is 0 Å². The van der Waals surface area contributed by atoms with Gasteiger partial charge in [0.2, 0.25) is 0 Å². The number of aromatic nitrogens is 1. The summed E-state index contributed by atoms with van der Waals surface area (Å²) in [6.45, 7) is 7.64. The summed E-state index contributed by atoms with van der Waals surface area (Å²) in [6.07, 6.45) is 0. The number of esters is 1. The molecule has 2 heterocycles. The number of nitrogens with zero attached hydrogens (tertiary/aromatic N) is 1. The van der Waals surface area contributed by atoms with E-state index in [1.54, 1.807) is 54.7 Å². The Bertz CT molecular complexity index is 1460. The summed E-state index contributed by atoms with van der Waals surface area (Å²) in [4.78, 5) is 14.4. The SMILES string of the molecule is CCOC(=O)c1c(/C(C)=C(/C)c2cccs2)c2ccccc2n1S(=O)(=O)c1ccc(C)cc1. The Morgan fingerprint density at radius 1 is 0.970 bits per heavy atom. The van der Waals surface area contributed by atoms with Crippen LogP contribution in [0.5, 0.6) is 0 Å². The van der Waals surface area contributed by atoms with Crippen LogP contribution in [0.1, 0.15) is 47.3 Å². The van der Waals surface area contributed by atoms with E-state index >= 15 is 0 Å². The summed E-state index contributed by atoms with van der Waals surface area (Å²) < 4.78 is 34.2. The Labute approximate surface area is 198 Å². The number of benzene rings is 2. The summed E-state index contributed by atoms with van der Waals surface area (Å²) in [5.74, 6) is -0.669. The Balaban J connectivity index is 2.12. The Hall–Kier alpha value is -3.16. The van der Waals surface area contributed by atoms with Crippen LogP contribution in [0.25, 0.3) is 22.0 Å². The van der Waals surface area contributed by atoms with Crippen LogP contribution in [0, 0.1) is 6.92 Å². The molecule has 0 aliphatic heterocycles. The number of thiophene rings is 1. The lowest BCUT2D eigenvalue weighted by molar-refractivity contribution is 0.0518. The van der Waals surface area contributed by atoms with Gasteiger partial charge in [0, 0.05) is 15.8 Å². The van der Waals surface area contributed by atoms with Crippen LogP contribution in [-0.2, 0) is 14.8 Å². The molecule has 0 N–H and O–H groups in total. The zero-order valence-corrected chi connectivity index (χ0v) is 20.6. The van der Waals surface area contributed by atoms with Crippen molar-refractivity contribution in [2.45, 2.75) is 32.6 Å². The lowest BCUT2D eigenvalue weighted by Crippen LogP contribution is -2.21. The lowest BCUT2D eigenvalue weighted by atomic mass is 9.98. The maximum atomic E-state index is 13.9. The first-order chi connectivity index (χ1) is 15.8. The van der Waals surface area contributed by atoms with Crippen molar-refractivity contribution in [1.82, 2.24) is 3.97 Å². The minimum atomic E-state index is -4.07. The van der Waals surface area contributed by atoms with Crippen LogP contribution in [0.2, 0.25) is 0 Å². The molecule has 5 nitrogen and oxygen atoms in total. The van der Waals surface area contributed by atoms with Crippen molar-refractivity contribution in [1.29, 1.82) is 0 Å². The fourth-order valence-corrected chi connectivity index (χ4v) is 6.21. The fraction of sp³-hybridized carbons (Fsp3) is 0.192. The first-order valence-corrected chi connectivity index (χ1v) is 12.9. The minimum absolute atomic E-state index is 0.0204. The van der Waals surface area contributed by atoms with Crippen molar-refractivity contribution in [3.63, 3.8) is 0 Å². The number of rotatable bonds is 6. The van der Waals surface area contributed by atoms with Gasteiger partial charge < -0.3 is 4.74 Å². The fourth-order valence-electron chi connectivity index (χ4n) is 3.91. The molecule has 0 radical (unpaired) electrons. The van der Waals surface area contributed by atoms with Crippen molar-refractivity contribution in [3.8, 4) is 0 Å². The molecule has 0 saturated carbocycles. The maximum absolute atomic E-state index is 13.9. The lowest BCUT2D eigenvalue weighted by Gasteiger charge is -2.14. The van der Waals surface area contributed by atoms with Crippen LogP contribution >= 0.6 is 11.3 Å². The van der Waals surface area contributed by atoms with Gasteiger partial charge in [0.1, 0.15) is 0 Å². The molecule has 2 aromatic carbocycles. The molecule has 0 bridgehead atoms. The highest BCUT2D eigenvalue weighted by Gasteiger charge is 2.32. The van der Waals surface area contributed by atoms with Gasteiger partial charge >= 0.3 is 5.97 Å². The van der Waals surface area contributed by atoms with Gasteiger partial charge in [-0.15, -0.1) is 11.3 Å². The molecule has 0 aliphatic rings. The summed E-state index contributed by atoms with van der Waals surface area (Å²) in [6, 6.07) is 17.8. The van der Waals surface area contributed by atoms with Gasteiger partial charge in [-0.3, -0.25) is 0 Å². The van der Waals surface area contributed by atoms with Crippen molar-refractivity contribution in [2.75, 3.05) is 6.61 Å². The molecule has 170 valence electrons. The number of para-hydroxylation sites is 1. The molecular weight excluding hydrogens is 454 g/mol. The van der Waals surface area contributed by atoms with Gasteiger partial charge in [0.15, 0.2) is 5.69 Å². The van der Waals surface area contributed by atoms with Crippen LogP contribution in [0.4, 0.5) is 0 Å². The topological polar surface area (TPSA) is 65.4 Å². The van der Waals surface area contributed by atoms with Crippen molar-refractivity contribution in [2.24, 2.45) is 0 Å². The number of aryl methyl sites for hydroxylation is 1. The second kappa shape index (κ2) is 9.00. The molecule has 0 amide bonds. The highest BCUT2D eigenvalue weighted by Crippen LogP contribution is 2.38. The van der Waals surface area contributed by atoms with E-state index in [0.717, 1.165) is 25.6 Å². The normalized spacial score (nSPS) is 12.6. The molecule has 2 aromatic heterocycles. The standard InChI is InChI=1S/C26H25NO4S2/c1-5-31-26(28)25-24(19(4)18(3)23-11-8-16-32-23)21-9-6-7-10-22(21)27(25)33(29,30)20-14-12-17(2)13-15-20/h6-16H,5H2,1-4H3/b19-18-. The molecule has 33 heavy (non-hydrogen) atoms. The molecule has 0 saturated heterocycles. The minimum Gasteiger partial charge on any atom is -0.461 e. The van der Waals surface area contributed by atoms with E-state index in [9.17, 15) is 13.2 Å². The molecule has 0 unspecified atom stereocenters. The average Bonchev–Trinajstić information content (AvgIpc) is 3.45.